The van der Waals surface area contributed by atoms with E-state index in [0.29, 0.717) is 11.8 Å². The number of nitrogens with zero attached hydrogens (tertiary/aromatic N) is 4. The fourth-order valence-corrected chi connectivity index (χ4v) is 2.81. The van der Waals surface area contributed by atoms with Crippen LogP contribution < -0.4 is 14.5 Å². The number of halogens is 2. The molecule has 2 heterocycles. The number of piperazine rings is 1. The van der Waals surface area contributed by atoms with Gasteiger partial charge in [-0.2, -0.15) is 4.98 Å². The van der Waals surface area contributed by atoms with Gasteiger partial charge in [-0.05, 0) is 40.2 Å². The molecule has 2 aromatic rings. The number of ether oxygens (including phenoxy) is 1. The summed E-state index contributed by atoms with van der Waals surface area (Å²) >= 11 is 3.35. The fraction of sp³-hybridized carbons (Fsp3) is 0.333. The van der Waals surface area contributed by atoms with Crippen molar-refractivity contribution >= 4 is 27.6 Å². The van der Waals surface area contributed by atoms with E-state index in [-0.39, 0.29) is 5.82 Å². The molecule has 1 fully saturated rings. The molecule has 1 aromatic carbocycles. The zero-order chi connectivity index (χ0) is 15.5. The van der Waals surface area contributed by atoms with Gasteiger partial charge in [0.2, 0.25) is 11.8 Å². The van der Waals surface area contributed by atoms with E-state index in [0.717, 1.165) is 36.3 Å². The molecule has 1 aliphatic rings. The number of hydrogen-bond acceptors (Lipinski definition) is 5. The van der Waals surface area contributed by atoms with Crippen LogP contribution in [0.3, 0.4) is 0 Å². The van der Waals surface area contributed by atoms with Crippen LogP contribution in [0.1, 0.15) is 0 Å². The molecule has 0 amide bonds. The second kappa shape index (κ2) is 6.48. The van der Waals surface area contributed by atoms with E-state index in [9.17, 15) is 4.39 Å². The summed E-state index contributed by atoms with van der Waals surface area (Å²) in [7, 11) is 1.59. The standard InChI is InChI=1S/C15H16BrFN4O/c1-22-14-13(16)10-18-15(19-14)21-8-6-20(7-9-21)12-4-2-11(17)3-5-12/h2-5,10H,6-9H2,1H3. The van der Waals surface area contributed by atoms with Crippen molar-refractivity contribution in [1.29, 1.82) is 0 Å². The predicted octanol–water partition coefficient (Wildman–Crippen LogP) is 2.71. The first-order chi connectivity index (χ1) is 10.7. The molecule has 22 heavy (non-hydrogen) atoms. The molecule has 3 rings (SSSR count). The Morgan fingerprint density at radius 3 is 2.36 bits per heavy atom. The minimum absolute atomic E-state index is 0.210. The third-order valence-electron chi connectivity index (χ3n) is 3.65. The Labute approximate surface area is 136 Å². The van der Waals surface area contributed by atoms with Crippen LogP contribution in [0.2, 0.25) is 0 Å². The van der Waals surface area contributed by atoms with Crippen LogP contribution in [0.5, 0.6) is 5.88 Å². The Kier molecular flexibility index (Phi) is 4.42. The highest BCUT2D eigenvalue weighted by Crippen LogP contribution is 2.24. The van der Waals surface area contributed by atoms with Crippen molar-refractivity contribution in [3.63, 3.8) is 0 Å². The lowest BCUT2D eigenvalue weighted by Gasteiger charge is -2.36. The first-order valence-electron chi connectivity index (χ1n) is 6.99. The van der Waals surface area contributed by atoms with Gasteiger partial charge in [0.05, 0.1) is 17.8 Å². The molecule has 1 aromatic heterocycles. The van der Waals surface area contributed by atoms with Gasteiger partial charge >= 0.3 is 0 Å². The van der Waals surface area contributed by atoms with Crippen molar-refractivity contribution in [2.75, 3.05) is 43.1 Å². The van der Waals surface area contributed by atoms with E-state index in [4.69, 9.17) is 4.74 Å². The Balaban J connectivity index is 1.67. The second-order valence-electron chi connectivity index (χ2n) is 4.98. The van der Waals surface area contributed by atoms with Crippen LogP contribution in [0, 0.1) is 5.82 Å². The minimum atomic E-state index is -0.210. The molecule has 0 spiro atoms. The maximum atomic E-state index is 13.0. The summed E-state index contributed by atoms with van der Waals surface area (Å²) in [6.45, 7) is 3.30. The summed E-state index contributed by atoms with van der Waals surface area (Å²) in [4.78, 5) is 13.1. The number of benzene rings is 1. The lowest BCUT2D eigenvalue weighted by molar-refractivity contribution is 0.393. The average molecular weight is 367 g/mol. The first-order valence-corrected chi connectivity index (χ1v) is 7.78. The van der Waals surface area contributed by atoms with Crippen LogP contribution >= 0.6 is 15.9 Å². The van der Waals surface area contributed by atoms with Crippen molar-refractivity contribution < 1.29 is 9.13 Å². The minimum Gasteiger partial charge on any atom is -0.480 e. The van der Waals surface area contributed by atoms with Crippen LogP contribution in [-0.2, 0) is 0 Å². The zero-order valence-electron chi connectivity index (χ0n) is 12.2. The normalized spacial score (nSPS) is 15.0. The number of rotatable bonds is 3. The molecule has 0 aliphatic carbocycles. The SMILES string of the molecule is COc1nc(N2CCN(c3ccc(F)cc3)CC2)ncc1Br. The molecular weight excluding hydrogens is 351 g/mol. The molecule has 0 bridgehead atoms. The summed E-state index contributed by atoms with van der Waals surface area (Å²) in [5.74, 6) is 0.988. The molecule has 5 nitrogen and oxygen atoms in total. The second-order valence-corrected chi connectivity index (χ2v) is 5.83. The molecule has 0 atom stereocenters. The van der Waals surface area contributed by atoms with Crippen molar-refractivity contribution in [3.05, 3.63) is 40.8 Å². The van der Waals surface area contributed by atoms with Crippen LogP contribution in [0.4, 0.5) is 16.0 Å². The monoisotopic (exact) mass is 366 g/mol. The topological polar surface area (TPSA) is 41.5 Å². The van der Waals surface area contributed by atoms with Crippen molar-refractivity contribution in [2.24, 2.45) is 0 Å². The van der Waals surface area contributed by atoms with E-state index in [1.54, 1.807) is 13.3 Å². The summed E-state index contributed by atoms with van der Waals surface area (Å²) in [5.41, 5.74) is 1.04. The molecule has 0 N–H and O–H groups in total. The molecule has 1 aliphatic heterocycles. The summed E-state index contributed by atoms with van der Waals surface area (Å²) in [6.07, 6.45) is 1.70. The number of hydrogen-bond donors (Lipinski definition) is 0. The van der Waals surface area contributed by atoms with Gasteiger partial charge in [-0.1, -0.05) is 0 Å². The van der Waals surface area contributed by atoms with Gasteiger partial charge in [-0.25, -0.2) is 9.37 Å². The van der Waals surface area contributed by atoms with Crippen molar-refractivity contribution in [3.8, 4) is 5.88 Å². The molecule has 1 saturated heterocycles. The summed E-state index contributed by atoms with van der Waals surface area (Å²) < 4.78 is 18.9. The molecule has 116 valence electrons. The van der Waals surface area contributed by atoms with Gasteiger partial charge in [-0.15, -0.1) is 0 Å². The van der Waals surface area contributed by atoms with Crippen molar-refractivity contribution in [1.82, 2.24) is 9.97 Å². The molecule has 0 unspecified atom stereocenters. The predicted molar refractivity (Wildman–Crippen MR) is 87.1 cm³/mol. The average Bonchev–Trinajstić information content (AvgIpc) is 2.56. The van der Waals surface area contributed by atoms with Crippen LogP contribution in [0.25, 0.3) is 0 Å². The summed E-state index contributed by atoms with van der Waals surface area (Å²) in [5, 5.41) is 0. The third kappa shape index (κ3) is 3.14. The highest BCUT2D eigenvalue weighted by Gasteiger charge is 2.20. The number of aromatic nitrogens is 2. The maximum Gasteiger partial charge on any atom is 0.232 e. The number of methoxy groups -OCH3 is 1. The third-order valence-corrected chi connectivity index (χ3v) is 4.19. The maximum absolute atomic E-state index is 13.0. The quantitative estimate of drug-likeness (QED) is 0.835. The van der Waals surface area contributed by atoms with Gasteiger partial charge in [0.15, 0.2) is 0 Å². The largest absolute Gasteiger partial charge is 0.480 e. The Morgan fingerprint density at radius 1 is 1.09 bits per heavy atom. The fourth-order valence-electron chi connectivity index (χ4n) is 2.45. The molecule has 0 saturated carbocycles. The first kappa shape index (κ1) is 15.0. The smallest absolute Gasteiger partial charge is 0.232 e. The van der Waals surface area contributed by atoms with Gasteiger partial charge in [0.25, 0.3) is 0 Å². The van der Waals surface area contributed by atoms with E-state index < -0.39 is 0 Å². The van der Waals surface area contributed by atoms with Crippen LogP contribution in [-0.4, -0.2) is 43.3 Å². The highest BCUT2D eigenvalue weighted by atomic mass is 79.9. The lowest BCUT2D eigenvalue weighted by atomic mass is 10.2. The van der Waals surface area contributed by atoms with Crippen LogP contribution in [0.15, 0.2) is 34.9 Å². The zero-order valence-corrected chi connectivity index (χ0v) is 13.8. The number of anilines is 2. The van der Waals surface area contributed by atoms with Crippen molar-refractivity contribution in [2.45, 2.75) is 0 Å². The van der Waals surface area contributed by atoms with Gasteiger partial charge in [0, 0.05) is 31.9 Å². The van der Waals surface area contributed by atoms with E-state index in [1.165, 1.54) is 12.1 Å². The molecule has 0 radical (unpaired) electrons. The highest BCUT2D eigenvalue weighted by molar-refractivity contribution is 9.10. The van der Waals surface area contributed by atoms with Gasteiger partial charge in [0.1, 0.15) is 5.82 Å². The van der Waals surface area contributed by atoms with Gasteiger partial charge in [-0.3, -0.25) is 0 Å². The van der Waals surface area contributed by atoms with Gasteiger partial charge < -0.3 is 14.5 Å². The molecule has 7 heteroatoms. The Hall–Kier alpha value is -1.89. The summed E-state index contributed by atoms with van der Waals surface area (Å²) in [6, 6.07) is 6.60. The molecular formula is C15H16BrFN4O. The Morgan fingerprint density at radius 2 is 1.73 bits per heavy atom. The van der Waals surface area contributed by atoms with E-state index in [1.807, 2.05) is 12.1 Å². The lowest BCUT2D eigenvalue weighted by Crippen LogP contribution is -2.47. The Bertz CT molecular complexity index is 644. The van der Waals surface area contributed by atoms with E-state index in [2.05, 4.69) is 35.7 Å². The van der Waals surface area contributed by atoms with E-state index >= 15 is 0 Å².